The lowest BCUT2D eigenvalue weighted by atomic mass is 9.99. The van der Waals surface area contributed by atoms with Gasteiger partial charge >= 0.3 is 6.18 Å². The molecule has 4 rings (SSSR count). The van der Waals surface area contributed by atoms with Crippen LogP contribution in [0.1, 0.15) is 52.0 Å². The third-order valence-electron chi connectivity index (χ3n) is 6.14. The molecule has 3 aliphatic heterocycles. The highest BCUT2D eigenvalue weighted by atomic mass is 19.4. The Bertz CT molecular complexity index is 959. The topological polar surface area (TPSA) is 98.8 Å². The van der Waals surface area contributed by atoms with Crippen molar-refractivity contribution in [2.45, 2.75) is 50.5 Å². The number of nitrogens with one attached hydrogen (secondary N) is 2. The van der Waals surface area contributed by atoms with Gasteiger partial charge in [0, 0.05) is 19.0 Å². The van der Waals surface area contributed by atoms with E-state index in [0.717, 1.165) is 4.90 Å². The lowest BCUT2D eigenvalue weighted by molar-refractivity contribution is -0.153. The number of imide groups is 2. The molecule has 11 heteroatoms. The van der Waals surface area contributed by atoms with E-state index >= 15 is 0 Å². The molecular formula is C21H23F3N4O4. The van der Waals surface area contributed by atoms with Crippen LogP contribution in [0.15, 0.2) is 18.2 Å². The van der Waals surface area contributed by atoms with Gasteiger partial charge in [-0.2, -0.15) is 13.2 Å². The van der Waals surface area contributed by atoms with Crippen molar-refractivity contribution in [3.63, 3.8) is 0 Å². The van der Waals surface area contributed by atoms with Gasteiger partial charge in [-0.05, 0) is 44.0 Å². The Kier molecular flexibility index (Phi) is 6.04. The van der Waals surface area contributed by atoms with E-state index in [0.29, 0.717) is 31.5 Å². The number of nitrogens with zero attached hydrogens (tertiary/aromatic N) is 2. The summed E-state index contributed by atoms with van der Waals surface area (Å²) in [4.78, 5) is 51.9. The number of hydrogen-bond donors (Lipinski definition) is 2. The number of halogens is 3. The monoisotopic (exact) mass is 452 g/mol. The van der Waals surface area contributed by atoms with Gasteiger partial charge in [0.15, 0.2) is 0 Å². The lowest BCUT2D eigenvalue weighted by Gasteiger charge is -2.35. The number of carbonyl (C=O) groups excluding carboxylic acids is 4. The van der Waals surface area contributed by atoms with Gasteiger partial charge in [-0.15, -0.1) is 0 Å². The fourth-order valence-corrected chi connectivity index (χ4v) is 4.65. The van der Waals surface area contributed by atoms with Crippen LogP contribution >= 0.6 is 0 Å². The Morgan fingerprint density at radius 1 is 1.03 bits per heavy atom. The highest BCUT2D eigenvalue weighted by Gasteiger charge is 2.46. The van der Waals surface area contributed by atoms with Crippen molar-refractivity contribution in [3.8, 4) is 0 Å². The van der Waals surface area contributed by atoms with Crippen LogP contribution in [-0.4, -0.2) is 71.3 Å². The predicted molar refractivity (Wildman–Crippen MR) is 105 cm³/mol. The number of hydrogen-bond acceptors (Lipinski definition) is 6. The molecule has 1 unspecified atom stereocenters. The van der Waals surface area contributed by atoms with Crippen LogP contribution in [0.25, 0.3) is 0 Å². The average Bonchev–Trinajstić information content (AvgIpc) is 2.99. The van der Waals surface area contributed by atoms with Crippen molar-refractivity contribution in [1.29, 1.82) is 0 Å². The largest absolute Gasteiger partial charge is 0.401 e. The Balaban J connectivity index is 1.63. The molecule has 0 spiro atoms. The maximum atomic E-state index is 13.3. The molecule has 2 fully saturated rings. The maximum Gasteiger partial charge on any atom is 0.401 e. The van der Waals surface area contributed by atoms with E-state index in [4.69, 9.17) is 0 Å². The average molecular weight is 452 g/mol. The second kappa shape index (κ2) is 8.62. The highest BCUT2D eigenvalue weighted by molar-refractivity contribution is 6.24. The first-order valence-electron chi connectivity index (χ1n) is 10.5. The van der Waals surface area contributed by atoms with E-state index in [1.807, 2.05) is 0 Å². The second-order valence-corrected chi connectivity index (χ2v) is 8.29. The SMILES string of the molecule is O=C1CCC(N2C(=O)c3cccc(CN(CC(F)(F)F)C4CCNCC4)c3C2=O)C(=O)N1. The van der Waals surface area contributed by atoms with Gasteiger partial charge in [0.2, 0.25) is 11.8 Å². The number of benzene rings is 1. The minimum Gasteiger partial charge on any atom is -0.317 e. The van der Waals surface area contributed by atoms with E-state index in [9.17, 15) is 32.3 Å². The third-order valence-corrected chi connectivity index (χ3v) is 6.14. The molecule has 8 nitrogen and oxygen atoms in total. The predicted octanol–water partition coefficient (Wildman–Crippen LogP) is 1.20. The number of fused-ring (bicyclic) bond motifs is 1. The van der Waals surface area contributed by atoms with E-state index in [-0.39, 0.29) is 36.6 Å². The number of alkyl halides is 3. The van der Waals surface area contributed by atoms with Crippen molar-refractivity contribution >= 4 is 23.6 Å². The first kappa shape index (κ1) is 22.4. The molecular weight excluding hydrogens is 429 g/mol. The molecule has 0 aromatic heterocycles. The number of amides is 4. The third kappa shape index (κ3) is 4.40. The molecule has 2 N–H and O–H groups in total. The van der Waals surface area contributed by atoms with Gasteiger partial charge in [-0.1, -0.05) is 12.1 Å². The molecule has 0 saturated carbocycles. The fraction of sp³-hybridized carbons (Fsp3) is 0.524. The summed E-state index contributed by atoms with van der Waals surface area (Å²) in [5, 5.41) is 5.25. The summed E-state index contributed by atoms with van der Waals surface area (Å²) >= 11 is 0. The minimum absolute atomic E-state index is 0.00819. The molecule has 32 heavy (non-hydrogen) atoms. The van der Waals surface area contributed by atoms with Gasteiger partial charge in [-0.25, -0.2) is 0 Å². The smallest absolute Gasteiger partial charge is 0.317 e. The fourth-order valence-electron chi connectivity index (χ4n) is 4.65. The van der Waals surface area contributed by atoms with Gasteiger partial charge in [-0.3, -0.25) is 34.3 Å². The van der Waals surface area contributed by atoms with Gasteiger partial charge in [0.25, 0.3) is 11.8 Å². The molecule has 0 bridgehead atoms. The first-order valence-corrected chi connectivity index (χ1v) is 10.5. The highest BCUT2D eigenvalue weighted by Crippen LogP contribution is 2.32. The molecule has 1 aromatic rings. The maximum absolute atomic E-state index is 13.3. The van der Waals surface area contributed by atoms with Crippen LogP contribution in [-0.2, 0) is 16.1 Å². The molecule has 172 valence electrons. The molecule has 0 radical (unpaired) electrons. The lowest BCUT2D eigenvalue weighted by Crippen LogP contribution is -2.54. The Morgan fingerprint density at radius 3 is 2.41 bits per heavy atom. The zero-order valence-corrected chi connectivity index (χ0v) is 17.2. The van der Waals surface area contributed by atoms with Crippen LogP contribution in [0.2, 0.25) is 0 Å². The van der Waals surface area contributed by atoms with Crippen molar-refractivity contribution in [1.82, 2.24) is 20.4 Å². The molecule has 2 saturated heterocycles. The van der Waals surface area contributed by atoms with Crippen LogP contribution in [0.4, 0.5) is 13.2 Å². The summed E-state index contributed by atoms with van der Waals surface area (Å²) in [5.41, 5.74) is 0.413. The Morgan fingerprint density at radius 2 is 1.75 bits per heavy atom. The van der Waals surface area contributed by atoms with Gasteiger partial charge in [0.05, 0.1) is 17.7 Å². The van der Waals surface area contributed by atoms with Crippen molar-refractivity contribution in [2.24, 2.45) is 0 Å². The summed E-state index contributed by atoms with van der Waals surface area (Å²) in [6, 6.07) is 3.07. The summed E-state index contributed by atoms with van der Waals surface area (Å²) in [5.74, 6) is -2.60. The number of carbonyl (C=O) groups is 4. The van der Waals surface area contributed by atoms with E-state index in [1.54, 1.807) is 6.07 Å². The van der Waals surface area contributed by atoms with Crippen LogP contribution in [0.5, 0.6) is 0 Å². The second-order valence-electron chi connectivity index (χ2n) is 8.29. The standard InChI is InChI=1S/C21H23F3N4O4/c22-21(23,24)11-27(13-6-8-25-9-7-13)10-12-2-1-3-14-17(12)20(32)28(19(14)31)15-4-5-16(29)26-18(15)30/h1-3,13,15,25H,4-11H2,(H,26,29,30). The number of rotatable bonds is 5. The van der Waals surface area contributed by atoms with Crippen LogP contribution < -0.4 is 10.6 Å². The molecule has 3 heterocycles. The zero-order chi connectivity index (χ0) is 23.0. The minimum atomic E-state index is -4.42. The Labute approximate surface area is 182 Å². The van der Waals surface area contributed by atoms with Crippen molar-refractivity contribution in [3.05, 3.63) is 34.9 Å². The van der Waals surface area contributed by atoms with Gasteiger partial charge < -0.3 is 5.32 Å². The molecule has 0 aliphatic carbocycles. The van der Waals surface area contributed by atoms with E-state index < -0.39 is 42.4 Å². The van der Waals surface area contributed by atoms with Crippen LogP contribution in [0, 0.1) is 0 Å². The van der Waals surface area contributed by atoms with Crippen molar-refractivity contribution < 1.29 is 32.3 Å². The summed E-state index contributed by atoms with van der Waals surface area (Å²) in [6.07, 6.45) is -3.32. The molecule has 3 aliphatic rings. The van der Waals surface area contributed by atoms with Crippen molar-refractivity contribution in [2.75, 3.05) is 19.6 Å². The van der Waals surface area contributed by atoms with Crippen LogP contribution in [0.3, 0.4) is 0 Å². The molecule has 4 amide bonds. The normalized spacial score (nSPS) is 22.5. The zero-order valence-electron chi connectivity index (χ0n) is 17.2. The molecule has 1 atom stereocenters. The summed E-state index contributed by atoms with van der Waals surface area (Å²) in [7, 11) is 0. The van der Waals surface area contributed by atoms with E-state index in [2.05, 4.69) is 10.6 Å². The van der Waals surface area contributed by atoms with E-state index in [1.165, 1.54) is 17.0 Å². The summed E-state index contributed by atoms with van der Waals surface area (Å²) in [6.45, 7) is -0.0604. The summed E-state index contributed by atoms with van der Waals surface area (Å²) < 4.78 is 39.9. The first-order chi connectivity index (χ1) is 15.2. The number of piperidine rings is 2. The Hall–Kier alpha value is -2.79. The quantitative estimate of drug-likeness (QED) is 0.652. The van der Waals surface area contributed by atoms with Gasteiger partial charge in [0.1, 0.15) is 6.04 Å². The molecule has 1 aromatic carbocycles.